The van der Waals surface area contributed by atoms with Gasteiger partial charge in [0.1, 0.15) is 12.4 Å². The number of nitrogens with zero attached hydrogens (tertiary/aromatic N) is 4. The van der Waals surface area contributed by atoms with E-state index in [9.17, 15) is 9.59 Å². The molecular formula is C18H23ClN6O2. The van der Waals surface area contributed by atoms with Crippen LogP contribution in [0.5, 0.6) is 0 Å². The number of hydrogen-bond acceptors (Lipinski definition) is 5. The number of nitrogens with one attached hydrogen (secondary N) is 1. The second-order valence-corrected chi connectivity index (χ2v) is 7.16. The summed E-state index contributed by atoms with van der Waals surface area (Å²) in [4.78, 5) is 30.1. The maximum Gasteiger partial charge on any atom is 0.246 e. The number of nitrogens with two attached hydrogens (primary N) is 1. The number of pyridine rings is 1. The number of hydrogen-bond donors (Lipinski definition) is 2. The van der Waals surface area contributed by atoms with Crippen molar-refractivity contribution >= 4 is 34.9 Å². The first-order valence-corrected chi connectivity index (χ1v) is 9.22. The molecule has 2 aromatic rings. The first kappa shape index (κ1) is 19.2. The molecule has 1 saturated heterocycles. The van der Waals surface area contributed by atoms with Crippen LogP contribution in [-0.2, 0) is 16.1 Å². The van der Waals surface area contributed by atoms with Crippen LogP contribution in [0.3, 0.4) is 0 Å². The van der Waals surface area contributed by atoms with Gasteiger partial charge >= 0.3 is 0 Å². The molecule has 0 saturated carbocycles. The average molecular weight is 391 g/mol. The second kappa shape index (κ2) is 7.96. The normalized spacial score (nSPS) is 17.0. The fourth-order valence-electron chi connectivity index (χ4n) is 3.23. The third-order valence-electron chi connectivity index (χ3n) is 4.77. The zero-order chi connectivity index (χ0) is 19.6. The summed E-state index contributed by atoms with van der Waals surface area (Å²) in [6.07, 6.45) is 3.32. The van der Waals surface area contributed by atoms with Crippen molar-refractivity contribution in [1.82, 2.24) is 14.8 Å². The van der Waals surface area contributed by atoms with Gasteiger partial charge < -0.3 is 16.0 Å². The fraction of sp³-hybridized carbons (Fsp3) is 0.444. The van der Waals surface area contributed by atoms with Crippen LogP contribution in [-0.4, -0.2) is 39.7 Å². The summed E-state index contributed by atoms with van der Waals surface area (Å²) >= 11 is 6.10. The standard InChI is InChI=1S/C18H23ClN6O2/c1-11-17(19)12(2)25(23-11)10-16(26)22-14-5-6-15(21-8-14)24-7-3-4-13(9-24)18(20)27/h5-6,8,13H,3-4,7,9-10H2,1-2H3,(H2,20,27)(H,22,26). The first-order valence-electron chi connectivity index (χ1n) is 8.85. The minimum Gasteiger partial charge on any atom is -0.369 e. The highest BCUT2D eigenvalue weighted by Crippen LogP contribution is 2.22. The van der Waals surface area contributed by atoms with E-state index in [4.69, 9.17) is 17.3 Å². The number of amides is 2. The Morgan fingerprint density at radius 2 is 2.15 bits per heavy atom. The number of rotatable bonds is 5. The predicted molar refractivity (Wildman–Crippen MR) is 104 cm³/mol. The summed E-state index contributed by atoms with van der Waals surface area (Å²) < 4.78 is 1.58. The van der Waals surface area contributed by atoms with Crippen molar-refractivity contribution < 1.29 is 9.59 Å². The summed E-state index contributed by atoms with van der Waals surface area (Å²) in [5, 5.41) is 7.63. The lowest BCUT2D eigenvalue weighted by Crippen LogP contribution is -2.41. The van der Waals surface area contributed by atoms with E-state index < -0.39 is 0 Å². The van der Waals surface area contributed by atoms with Gasteiger partial charge in [0.2, 0.25) is 11.8 Å². The molecule has 0 bridgehead atoms. The van der Waals surface area contributed by atoms with E-state index in [1.807, 2.05) is 17.9 Å². The van der Waals surface area contributed by atoms with Crippen molar-refractivity contribution in [3.05, 3.63) is 34.7 Å². The van der Waals surface area contributed by atoms with Gasteiger partial charge in [0, 0.05) is 13.1 Å². The highest BCUT2D eigenvalue weighted by molar-refractivity contribution is 6.31. The molecule has 1 unspecified atom stereocenters. The van der Waals surface area contributed by atoms with Gasteiger partial charge in [-0.25, -0.2) is 4.98 Å². The van der Waals surface area contributed by atoms with Gasteiger partial charge in [-0.3, -0.25) is 14.3 Å². The van der Waals surface area contributed by atoms with Crippen LogP contribution in [0.25, 0.3) is 0 Å². The molecule has 0 spiro atoms. The molecule has 1 atom stereocenters. The second-order valence-electron chi connectivity index (χ2n) is 6.78. The SMILES string of the molecule is Cc1nn(CC(=O)Nc2ccc(N3CCCC(C(N)=O)C3)nc2)c(C)c1Cl. The molecule has 8 nitrogen and oxygen atoms in total. The van der Waals surface area contributed by atoms with Crippen molar-refractivity contribution in [3.63, 3.8) is 0 Å². The molecule has 0 aliphatic carbocycles. The van der Waals surface area contributed by atoms with Crippen LogP contribution in [0.4, 0.5) is 11.5 Å². The van der Waals surface area contributed by atoms with E-state index in [0.717, 1.165) is 30.9 Å². The molecule has 3 N–H and O–H groups in total. The van der Waals surface area contributed by atoms with Gasteiger partial charge in [-0.15, -0.1) is 0 Å². The van der Waals surface area contributed by atoms with Crippen LogP contribution in [0.2, 0.25) is 5.02 Å². The quantitative estimate of drug-likeness (QED) is 0.810. The van der Waals surface area contributed by atoms with Crippen LogP contribution in [0, 0.1) is 19.8 Å². The van der Waals surface area contributed by atoms with Gasteiger partial charge in [-0.2, -0.15) is 5.10 Å². The van der Waals surface area contributed by atoms with Crippen molar-refractivity contribution in [2.24, 2.45) is 11.7 Å². The molecule has 0 aromatic carbocycles. The summed E-state index contributed by atoms with van der Waals surface area (Å²) in [6.45, 7) is 5.11. The lowest BCUT2D eigenvalue weighted by Gasteiger charge is -2.32. The molecule has 144 valence electrons. The van der Waals surface area contributed by atoms with E-state index >= 15 is 0 Å². The molecule has 27 heavy (non-hydrogen) atoms. The number of carbonyl (C=O) groups is 2. The highest BCUT2D eigenvalue weighted by atomic mass is 35.5. The molecule has 1 fully saturated rings. The van der Waals surface area contributed by atoms with Gasteiger partial charge in [0.25, 0.3) is 0 Å². The molecule has 3 rings (SSSR count). The van der Waals surface area contributed by atoms with E-state index in [0.29, 0.717) is 22.9 Å². The van der Waals surface area contributed by atoms with Gasteiger partial charge in [0.15, 0.2) is 0 Å². The maximum absolute atomic E-state index is 12.3. The zero-order valence-corrected chi connectivity index (χ0v) is 16.2. The summed E-state index contributed by atoms with van der Waals surface area (Å²) in [5.41, 5.74) is 7.47. The molecule has 1 aliphatic heterocycles. The molecule has 0 radical (unpaired) electrons. The monoisotopic (exact) mass is 390 g/mol. The van der Waals surface area contributed by atoms with Gasteiger partial charge in [0.05, 0.1) is 34.2 Å². The van der Waals surface area contributed by atoms with Crippen molar-refractivity contribution in [1.29, 1.82) is 0 Å². The number of carbonyl (C=O) groups excluding carboxylic acids is 2. The van der Waals surface area contributed by atoms with E-state index in [2.05, 4.69) is 15.4 Å². The Morgan fingerprint density at radius 1 is 1.37 bits per heavy atom. The summed E-state index contributed by atoms with van der Waals surface area (Å²) in [7, 11) is 0. The lowest BCUT2D eigenvalue weighted by atomic mass is 9.97. The lowest BCUT2D eigenvalue weighted by molar-refractivity contribution is -0.122. The van der Waals surface area contributed by atoms with Gasteiger partial charge in [-0.05, 0) is 38.8 Å². The largest absolute Gasteiger partial charge is 0.369 e. The van der Waals surface area contributed by atoms with Crippen molar-refractivity contribution in [2.45, 2.75) is 33.2 Å². The zero-order valence-electron chi connectivity index (χ0n) is 15.4. The van der Waals surface area contributed by atoms with Crippen LogP contribution >= 0.6 is 11.6 Å². The van der Waals surface area contributed by atoms with Crippen LogP contribution in [0.1, 0.15) is 24.2 Å². The Hall–Kier alpha value is -2.61. The fourth-order valence-corrected chi connectivity index (χ4v) is 3.37. The van der Waals surface area contributed by atoms with Crippen LogP contribution < -0.4 is 16.0 Å². The Morgan fingerprint density at radius 3 is 2.74 bits per heavy atom. The highest BCUT2D eigenvalue weighted by Gasteiger charge is 2.24. The topological polar surface area (TPSA) is 106 Å². The Kier molecular flexibility index (Phi) is 5.65. The number of aromatic nitrogens is 3. The van der Waals surface area contributed by atoms with Crippen molar-refractivity contribution in [2.75, 3.05) is 23.3 Å². The minimum absolute atomic E-state index is 0.0769. The third kappa shape index (κ3) is 4.39. The Labute approximate surface area is 162 Å². The van der Waals surface area contributed by atoms with Crippen molar-refractivity contribution in [3.8, 4) is 0 Å². The first-order chi connectivity index (χ1) is 12.8. The van der Waals surface area contributed by atoms with E-state index in [-0.39, 0.29) is 24.3 Å². The number of aryl methyl sites for hydroxylation is 1. The number of primary amides is 1. The minimum atomic E-state index is -0.271. The molecular weight excluding hydrogens is 368 g/mol. The van der Waals surface area contributed by atoms with E-state index in [1.54, 1.807) is 23.9 Å². The molecule has 2 amide bonds. The third-order valence-corrected chi connectivity index (χ3v) is 5.31. The average Bonchev–Trinajstić information content (AvgIpc) is 2.89. The smallest absolute Gasteiger partial charge is 0.246 e. The summed E-state index contributed by atoms with van der Waals surface area (Å²) in [5.74, 6) is 0.142. The number of anilines is 2. The molecule has 3 heterocycles. The predicted octanol–water partition coefficient (Wildman–Crippen LogP) is 1.89. The van der Waals surface area contributed by atoms with Gasteiger partial charge in [-0.1, -0.05) is 11.6 Å². The number of halogens is 1. The maximum atomic E-state index is 12.3. The summed E-state index contributed by atoms with van der Waals surface area (Å²) in [6, 6.07) is 3.63. The molecule has 9 heteroatoms. The Bertz CT molecular complexity index is 848. The molecule has 2 aromatic heterocycles. The number of piperidine rings is 1. The van der Waals surface area contributed by atoms with Crippen LogP contribution in [0.15, 0.2) is 18.3 Å². The Balaban J connectivity index is 1.61. The molecule has 1 aliphatic rings. The van der Waals surface area contributed by atoms with E-state index in [1.165, 1.54) is 0 Å².